The third kappa shape index (κ3) is 1.90. The molecule has 3 heteroatoms. The molecule has 16 heavy (non-hydrogen) atoms. The molecule has 86 valence electrons. The molecule has 0 saturated carbocycles. The Hall–Kier alpha value is -1.51. The number of carbonyl (C=O) groups excluding carboxylic acids is 1. The van der Waals surface area contributed by atoms with E-state index in [9.17, 15) is 4.79 Å². The normalized spacial score (nSPS) is 21.1. The molecule has 1 aromatic carbocycles. The minimum Gasteiger partial charge on any atom is -0.336 e. The molecule has 0 radical (unpaired) electrons. The van der Waals surface area contributed by atoms with Crippen molar-refractivity contribution in [2.24, 2.45) is 0 Å². The smallest absolute Gasteiger partial charge is 0.318 e. The fourth-order valence-electron chi connectivity index (χ4n) is 2.22. The molecule has 1 aliphatic heterocycles. The summed E-state index contributed by atoms with van der Waals surface area (Å²) < 4.78 is 0. The number of hydrogen-bond acceptors (Lipinski definition) is 1. The summed E-state index contributed by atoms with van der Waals surface area (Å²) in [6, 6.07) is 10.3. The van der Waals surface area contributed by atoms with Gasteiger partial charge in [-0.15, -0.1) is 0 Å². The first-order valence-corrected chi connectivity index (χ1v) is 5.62. The van der Waals surface area contributed by atoms with Crippen LogP contribution >= 0.6 is 0 Å². The van der Waals surface area contributed by atoms with Crippen molar-refractivity contribution < 1.29 is 4.79 Å². The van der Waals surface area contributed by atoms with Crippen molar-refractivity contribution in [2.75, 3.05) is 6.54 Å². The van der Waals surface area contributed by atoms with Crippen LogP contribution in [0, 0.1) is 0 Å². The van der Waals surface area contributed by atoms with Gasteiger partial charge in [0, 0.05) is 12.1 Å². The van der Waals surface area contributed by atoms with Gasteiger partial charge in [-0.1, -0.05) is 30.3 Å². The van der Waals surface area contributed by atoms with Crippen LogP contribution in [-0.2, 0) is 0 Å². The third-order valence-electron chi connectivity index (χ3n) is 2.88. The Bertz CT molecular complexity index is 381. The second kappa shape index (κ2) is 3.81. The first-order valence-electron chi connectivity index (χ1n) is 5.62. The molecule has 1 aliphatic rings. The quantitative estimate of drug-likeness (QED) is 0.772. The molecule has 1 atom stereocenters. The second-order valence-electron chi connectivity index (χ2n) is 5.15. The van der Waals surface area contributed by atoms with Crippen LogP contribution in [0.2, 0.25) is 0 Å². The fraction of sp³-hybridized carbons (Fsp3) is 0.462. The van der Waals surface area contributed by atoms with E-state index in [4.69, 9.17) is 0 Å². The van der Waals surface area contributed by atoms with E-state index >= 15 is 0 Å². The largest absolute Gasteiger partial charge is 0.336 e. The van der Waals surface area contributed by atoms with Crippen molar-refractivity contribution in [2.45, 2.75) is 32.4 Å². The van der Waals surface area contributed by atoms with Crippen molar-refractivity contribution in [3.8, 4) is 0 Å². The molecule has 1 N–H and O–H groups in total. The Morgan fingerprint density at radius 3 is 2.44 bits per heavy atom. The molecular formula is C13H18N2O. The minimum absolute atomic E-state index is 0.0290. The van der Waals surface area contributed by atoms with Gasteiger partial charge < -0.3 is 10.2 Å². The van der Waals surface area contributed by atoms with Gasteiger partial charge in [0.1, 0.15) is 0 Å². The summed E-state index contributed by atoms with van der Waals surface area (Å²) in [7, 11) is 0. The molecule has 0 spiro atoms. The molecule has 1 aromatic rings. The number of amides is 2. The van der Waals surface area contributed by atoms with Crippen LogP contribution in [-0.4, -0.2) is 23.0 Å². The fourth-order valence-corrected chi connectivity index (χ4v) is 2.22. The average Bonchev–Trinajstić information content (AvgIpc) is 2.61. The van der Waals surface area contributed by atoms with Crippen LogP contribution in [0.4, 0.5) is 4.79 Å². The van der Waals surface area contributed by atoms with Crippen LogP contribution < -0.4 is 5.32 Å². The van der Waals surface area contributed by atoms with E-state index in [1.165, 1.54) is 5.56 Å². The summed E-state index contributed by atoms with van der Waals surface area (Å²) in [5.74, 6) is 0. The average molecular weight is 218 g/mol. The summed E-state index contributed by atoms with van der Waals surface area (Å²) in [6.45, 7) is 6.88. The minimum atomic E-state index is -0.152. The van der Waals surface area contributed by atoms with Gasteiger partial charge in [-0.25, -0.2) is 4.79 Å². The van der Waals surface area contributed by atoms with Gasteiger partial charge in [-0.3, -0.25) is 0 Å². The highest BCUT2D eigenvalue weighted by molar-refractivity contribution is 5.78. The van der Waals surface area contributed by atoms with E-state index in [1.54, 1.807) is 0 Å². The van der Waals surface area contributed by atoms with Gasteiger partial charge in [0.25, 0.3) is 0 Å². The molecule has 1 heterocycles. The molecule has 3 nitrogen and oxygen atoms in total. The lowest BCUT2D eigenvalue weighted by Gasteiger charge is -2.36. The number of rotatable bonds is 1. The van der Waals surface area contributed by atoms with E-state index in [0.29, 0.717) is 6.54 Å². The van der Waals surface area contributed by atoms with E-state index < -0.39 is 0 Å². The summed E-state index contributed by atoms with van der Waals surface area (Å²) >= 11 is 0. The predicted molar refractivity (Wildman–Crippen MR) is 64.2 cm³/mol. The summed E-state index contributed by atoms with van der Waals surface area (Å²) in [6.07, 6.45) is 0. The topological polar surface area (TPSA) is 32.3 Å². The molecule has 2 amide bonds. The highest BCUT2D eigenvalue weighted by Gasteiger charge is 2.38. The summed E-state index contributed by atoms with van der Waals surface area (Å²) in [5, 5.41) is 2.91. The summed E-state index contributed by atoms with van der Waals surface area (Å²) in [5.41, 5.74) is 1.04. The first-order chi connectivity index (χ1) is 7.50. The number of benzene rings is 1. The van der Waals surface area contributed by atoms with E-state index in [1.807, 2.05) is 23.1 Å². The Kier molecular flexibility index (Phi) is 2.62. The molecular weight excluding hydrogens is 200 g/mol. The maximum Gasteiger partial charge on any atom is 0.318 e. The van der Waals surface area contributed by atoms with Gasteiger partial charge in [0.05, 0.1) is 6.04 Å². The number of nitrogens with zero attached hydrogens (tertiary/aromatic N) is 1. The highest BCUT2D eigenvalue weighted by atomic mass is 16.2. The maximum absolute atomic E-state index is 11.8. The lowest BCUT2D eigenvalue weighted by molar-refractivity contribution is 0.141. The second-order valence-corrected chi connectivity index (χ2v) is 5.15. The van der Waals surface area contributed by atoms with E-state index in [-0.39, 0.29) is 17.6 Å². The zero-order valence-corrected chi connectivity index (χ0v) is 10.0. The molecule has 2 rings (SSSR count). The lowest BCUT2D eigenvalue weighted by atomic mass is 10.00. The Morgan fingerprint density at radius 1 is 1.25 bits per heavy atom. The van der Waals surface area contributed by atoms with E-state index in [0.717, 1.165) is 0 Å². The van der Waals surface area contributed by atoms with Crippen molar-refractivity contribution in [1.29, 1.82) is 0 Å². The van der Waals surface area contributed by atoms with Crippen LogP contribution in [0.3, 0.4) is 0 Å². The standard InChI is InChI=1S/C13H18N2O/c1-13(2,3)15-11(9-14-12(15)16)10-7-5-4-6-8-10/h4-8,11H,9H2,1-3H3,(H,14,16). The monoisotopic (exact) mass is 218 g/mol. The highest BCUT2D eigenvalue weighted by Crippen LogP contribution is 2.31. The first kappa shape index (κ1) is 11.0. The van der Waals surface area contributed by atoms with Crippen LogP contribution in [0.1, 0.15) is 32.4 Å². The molecule has 1 fully saturated rings. The Morgan fingerprint density at radius 2 is 1.88 bits per heavy atom. The molecule has 0 aliphatic carbocycles. The zero-order valence-electron chi connectivity index (χ0n) is 10.0. The zero-order chi connectivity index (χ0) is 11.8. The van der Waals surface area contributed by atoms with Gasteiger partial charge in [-0.2, -0.15) is 0 Å². The number of hydrogen-bond donors (Lipinski definition) is 1. The van der Waals surface area contributed by atoms with Crippen molar-refractivity contribution >= 4 is 6.03 Å². The van der Waals surface area contributed by atoms with E-state index in [2.05, 4.69) is 38.2 Å². The van der Waals surface area contributed by atoms with Crippen molar-refractivity contribution in [1.82, 2.24) is 10.2 Å². The van der Waals surface area contributed by atoms with Crippen LogP contribution in [0.15, 0.2) is 30.3 Å². The number of carbonyl (C=O) groups is 1. The summed E-state index contributed by atoms with van der Waals surface area (Å²) in [4.78, 5) is 13.7. The van der Waals surface area contributed by atoms with Gasteiger partial charge in [0.15, 0.2) is 0 Å². The van der Waals surface area contributed by atoms with Gasteiger partial charge >= 0.3 is 6.03 Å². The number of urea groups is 1. The predicted octanol–water partition coefficient (Wildman–Crippen LogP) is 2.55. The van der Waals surface area contributed by atoms with Crippen LogP contribution in [0.5, 0.6) is 0 Å². The molecule has 1 unspecified atom stereocenters. The lowest BCUT2D eigenvalue weighted by Crippen LogP contribution is -2.44. The Labute approximate surface area is 96.5 Å². The Balaban J connectivity index is 2.32. The van der Waals surface area contributed by atoms with Gasteiger partial charge in [-0.05, 0) is 26.3 Å². The maximum atomic E-state index is 11.8. The van der Waals surface area contributed by atoms with Crippen molar-refractivity contribution in [3.63, 3.8) is 0 Å². The van der Waals surface area contributed by atoms with Gasteiger partial charge in [0.2, 0.25) is 0 Å². The molecule has 0 bridgehead atoms. The molecule has 0 aromatic heterocycles. The third-order valence-corrected chi connectivity index (χ3v) is 2.88. The number of nitrogens with one attached hydrogen (secondary N) is 1. The SMILES string of the molecule is CC(C)(C)N1C(=O)NCC1c1ccccc1. The van der Waals surface area contributed by atoms with Crippen LogP contribution in [0.25, 0.3) is 0 Å². The van der Waals surface area contributed by atoms with Crippen molar-refractivity contribution in [3.05, 3.63) is 35.9 Å². The molecule has 1 saturated heterocycles.